The molecule has 5 nitrogen and oxygen atoms in total. The smallest absolute Gasteiger partial charge is 0.265 e. The number of benzene rings is 3. The van der Waals surface area contributed by atoms with Gasteiger partial charge in [0.1, 0.15) is 0 Å². The number of sulfonamides is 1. The number of carbonyl (C=O) groups is 2. The van der Waals surface area contributed by atoms with Crippen molar-refractivity contribution in [3.05, 3.63) is 95.6 Å². The molecule has 0 bridgehead atoms. The van der Waals surface area contributed by atoms with Crippen LogP contribution in [-0.2, 0) is 21.2 Å². The van der Waals surface area contributed by atoms with Crippen LogP contribution in [0.4, 0.5) is 5.69 Å². The van der Waals surface area contributed by atoms with Gasteiger partial charge in [0.15, 0.2) is 17.1 Å². The molecular formula is C24H21NO4S. The molecule has 3 aromatic rings. The van der Waals surface area contributed by atoms with E-state index in [1.165, 1.54) is 19.1 Å². The van der Waals surface area contributed by atoms with Gasteiger partial charge in [-0.05, 0) is 37.6 Å². The highest BCUT2D eigenvalue weighted by molar-refractivity contribution is 7.93. The summed E-state index contributed by atoms with van der Waals surface area (Å²) in [7, 11) is -4.18. The highest BCUT2D eigenvalue weighted by Crippen LogP contribution is 2.45. The molecular weight excluding hydrogens is 398 g/mol. The number of Topliss-reactive ketones (excluding diaryl/α,β-unsaturated/α-hetero) is 2. The lowest BCUT2D eigenvalue weighted by Gasteiger charge is -2.36. The lowest BCUT2D eigenvalue weighted by atomic mass is 9.83. The van der Waals surface area contributed by atoms with Crippen LogP contribution < -0.4 is 4.31 Å². The Morgan fingerprint density at radius 2 is 1.47 bits per heavy atom. The van der Waals surface area contributed by atoms with Crippen LogP contribution in [-0.4, -0.2) is 25.5 Å². The van der Waals surface area contributed by atoms with Gasteiger partial charge in [0, 0.05) is 12.0 Å². The van der Waals surface area contributed by atoms with Gasteiger partial charge in [-0.15, -0.1) is 0 Å². The molecule has 1 atom stereocenters. The molecule has 0 aromatic heterocycles. The minimum absolute atomic E-state index is 0.00265. The normalized spacial score (nSPS) is 18.1. The maximum absolute atomic E-state index is 13.8. The summed E-state index contributed by atoms with van der Waals surface area (Å²) in [5.41, 5.74) is 0.346. The molecule has 1 heterocycles. The number of hydrogen-bond acceptors (Lipinski definition) is 4. The van der Waals surface area contributed by atoms with E-state index in [1.807, 2.05) is 6.92 Å². The van der Waals surface area contributed by atoms with Crippen molar-refractivity contribution in [2.75, 3.05) is 4.31 Å². The second-order valence-corrected chi connectivity index (χ2v) is 9.29. The molecule has 0 N–H and O–H groups in total. The number of carbonyl (C=O) groups excluding carboxylic acids is 2. The van der Waals surface area contributed by atoms with E-state index >= 15 is 0 Å². The van der Waals surface area contributed by atoms with Crippen LogP contribution in [0.5, 0.6) is 0 Å². The molecule has 1 aliphatic rings. The first kappa shape index (κ1) is 20.0. The number of hydrogen-bond donors (Lipinski definition) is 0. The SMILES string of the molecule is CC(=O)C1(C(=O)c2ccccc2)Cc2ccccc2N1S(=O)(=O)c1ccc(C)cc1. The van der Waals surface area contributed by atoms with Gasteiger partial charge in [0.2, 0.25) is 0 Å². The topological polar surface area (TPSA) is 71.5 Å². The largest absolute Gasteiger partial charge is 0.297 e. The van der Waals surface area contributed by atoms with E-state index in [0.29, 0.717) is 16.8 Å². The summed E-state index contributed by atoms with van der Waals surface area (Å²) >= 11 is 0. The van der Waals surface area contributed by atoms with E-state index in [1.54, 1.807) is 66.7 Å². The molecule has 3 aromatic carbocycles. The summed E-state index contributed by atoms with van der Waals surface area (Å²) in [5, 5.41) is 0. The fourth-order valence-electron chi connectivity index (χ4n) is 3.99. The molecule has 0 amide bonds. The van der Waals surface area contributed by atoms with Crippen molar-refractivity contribution in [3.63, 3.8) is 0 Å². The van der Waals surface area contributed by atoms with Crippen molar-refractivity contribution in [2.45, 2.75) is 30.7 Å². The lowest BCUT2D eigenvalue weighted by molar-refractivity contribution is -0.120. The maximum atomic E-state index is 13.8. The van der Waals surface area contributed by atoms with Gasteiger partial charge < -0.3 is 0 Å². The highest BCUT2D eigenvalue weighted by Gasteiger charge is 2.58. The number of fused-ring (bicyclic) bond motifs is 1. The van der Waals surface area contributed by atoms with E-state index < -0.39 is 27.1 Å². The summed E-state index contributed by atoms with van der Waals surface area (Å²) in [6.45, 7) is 3.14. The number of para-hydroxylation sites is 1. The Labute approximate surface area is 176 Å². The molecule has 1 aliphatic heterocycles. The summed E-state index contributed by atoms with van der Waals surface area (Å²) in [4.78, 5) is 26.8. The third-order valence-corrected chi connectivity index (χ3v) is 7.41. The van der Waals surface area contributed by atoms with E-state index in [-0.39, 0.29) is 11.3 Å². The summed E-state index contributed by atoms with van der Waals surface area (Å²) in [6, 6.07) is 21.7. The zero-order valence-corrected chi connectivity index (χ0v) is 17.5. The van der Waals surface area contributed by atoms with Crippen LogP contribution in [0.15, 0.2) is 83.8 Å². The zero-order chi connectivity index (χ0) is 21.5. The van der Waals surface area contributed by atoms with Crippen LogP contribution in [0.25, 0.3) is 0 Å². The Morgan fingerprint density at radius 3 is 2.10 bits per heavy atom. The first-order valence-electron chi connectivity index (χ1n) is 9.59. The third-order valence-electron chi connectivity index (χ3n) is 5.56. The minimum atomic E-state index is -4.18. The second-order valence-electron chi connectivity index (χ2n) is 7.50. The van der Waals surface area contributed by atoms with Crippen molar-refractivity contribution in [1.29, 1.82) is 0 Å². The van der Waals surface area contributed by atoms with Crippen molar-refractivity contribution < 1.29 is 18.0 Å². The minimum Gasteiger partial charge on any atom is -0.297 e. The third kappa shape index (κ3) is 2.95. The molecule has 0 aliphatic carbocycles. The Hall–Kier alpha value is -3.25. The number of anilines is 1. The predicted octanol–water partition coefficient (Wildman–Crippen LogP) is 3.96. The van der Waals surface area contributed by atoms with Crippen molar-refractivity contribution >= 4 is 27.3 Å². The van der Waals surface area contributed by atoms with Crippen LogP contribution in [0.3, 0.4) is 0 Å². The van der Waals surface area contributed by atoms with Gasteiger partial charge in [-0.25, -0.2) is 12.7 Å². The predicted molar refractivity (Wildman–Crippen MR) is 115 cm³/mol. The first-order valence-corrected chi connectivity index (χ1v) is 11.0. The lowest BCUT2D eigenvalue weighted by Crippen LogP contribution is -2.60. The molecule has 0 spiro atoms. The first-order chi connectivity index (χ1) is 14.3. The number of rotatable bonds is 5. The van der Waals surface area contributed by atoms with Gasteiger partial charge in [0.25, 0.3) is 10.0 Å². The molecule has 0 saturated heterocycles. The fraction of sp³-hybridized carbons (Fsp3) is 0.167. The molecule has 0 fully saturated rings. The monoisotopic (exact) mass is 419 g/mol. The Morgan fingerprint density at radius 1 is 0.867 bits per heavy atom. The van der Waals surface area contributed by atoms with Gasteiger partial charge in [-0.2, -0.15) is 0 Å². The standard InChI is InChI=1S/C24H21NO4S/c1-17-12-14-21(15-13-17)30(28,29)25-22-11-7-6-10-20(22)16-24(25,18(2)26)23(27)19-8-4-3-5-9-19/h3-15H,16H2,1-2H3. The average molecular weight is 420 g/mol. The zero-order valence-electron chi connectivity index (χ0n) is 16.7. The molecule has 152 valence electrons. The van der Waals surface area contributed by atoms with Gasteiger partial charge in [-0.3, -0.25) is 9.59 Å². The summed E-state index contributed by atoms with van der Waals surface area (Å²) in [5.74, 6) is -1.04. The number of aryl methyl sites for hydroxylation is 1. The van der Waals surface area contributed by atoms with E-state index in [2.05, 4.69) is 0 Å². The molecule has 30 heavy (non-hydrogen) atoms. The van der Waals surface area contributed by atoms with Crippen molar-refractivity contribution in [3.8, 4) is 0 Å². The van der Waals surface area contributed by atoms with Gasteiger partial charge >= 0.3 is 0 Å². The fourth-order valence-corrected chi connectivity index (χ4v) is 5.80. The molecule has 6 heteroatoms. The quantitative estimate of drug-likeness (QED) is 0.464. The van der Waals surface area contributed by atoms with Crippen LogP contribution in [0.1, 0.15) is 28.4 Å². The van der Waals surface area contributed by atoms with Crippen LogP contribution >= 0.6 is 0 Å². The maximum Gasteiger partial charge on any atom is 0.265 e. The van der Waals surface area contributed by atoms with Gasteiger partial charge in [-0.1, -0.05) is 66.2 Å². The summed E-state index contributed by atoms with van der Waals surface area (Å²) in [6.07, 6.45) is -0.00265. The van der Waals surface area contributed by atoms with Gasteiger partial charge in [0.05, 0.1) is 10.6 Å². The van der Waals surface area contributed by atoms with Crippen molar-refractivity contribution in [2.24, 2.45) is 0 Å². The number of nitrogens with zero attached hydrogens (tertiary/aromatic N) is 1. The van der Waals surface area contributed by atoms with Crippen LogP contribution in [0.2, 0.25) is 0 Å². The molecule has 0 saturated carbocycles. The average Bonchev–Trinajstić information content (AvgIpc) is 3.11. The van der Waals surface area contributed by atoms with Crippen LogP contribution in [0, 0.1) is 6.92 Å². The van der Waals surface area contributed by atoms with E-state index in [4.69, 9.17) is 0 Å². The molecule has 4 rings (SSSR count). The highest BCUT2D eigenvalue weighted by atomic mass is 32.2. The Bertz CT molecular complexity index is 1230. The molecule has 0 radical (unpaired) electrons. The Balaban J connectivity index is 1.99. The summed E-state index contributed by atoms with van der Waals surface area (Å²) < 4.78 is 28.6. The number of ketones is 2. The second kappa shape index (κ2) is 7.22. The molecule has 1 unspecified atom stereocenters. The van der Waals surface area contributed by atoms with Crippen molar-refractivity contribution in [1.82, 2.24) is 0 Å². The Kier molecular flexibility index (Phi) is 4.82. The van der Waals surface area contributed by atoms with E-state index in [0.717, 1.165) is 9.87 Å². The van der Waals surface area contributed by atoms with E-state index in [9.17, 15) is 18.0 Å².